The molecule has 0 saturated carbocycles. The first kappa shape index (κ1) is 11.3. The van der Waals surface area contributed by atoms with E-state index in [-0.39, 0.29) is 16.7 Å². The van der Waals surface area contributed by atoms with Crippen LogP contribution in [0.1, 0.15) is 13.3 Å². The second-order valence-electron chi connectivity index (χ2n) is 2.77. The third-order valence-electron chi connectivity index (χ3n) is 1.45. The van der Waals surface area contributed by atoms with Gasteiger partial charge >= 0.3 is 0 Å². The number of halogens is 1. The Balaban J connectivity index is 2.79. The monoisotopic (exact) mass is 234 g/mol. The highest BCUT2D eigenvalue weighted by molar-refractivity contribution is 7.92. The van der Waals surface area contributed by atoms with E-state index in [9.17, 15) is 8.42 Å². The molecule has 1 N–H and O–H groups in total. The van der Waals surface area contributed by atoms with Gasteiger partial charge in [0.25, 0.3) is 0 Å². The van der Waals surface area contributed by atoms with Crippen LogP contribution < -0.4 is 4.72 Å². The summed E-state index contributed by atoms with van der Waals surface area (Å²) in [5.74, 6) is 0.340. The SMILES string of the molecule is CCCS(=O)(=O)Nc1cccc(Cl)n1. The Bertz CT molecular complexity index is 406. The first-order chi connectivity index (χ1) is 6.53. The number of nitrogens with one attached hydrogen (secondary N) is 1. The van der Waals surface area contributed by atoms with Crippen molar-refractivity contribution in [3.8, 4) is 0 Å². The van der Waals surface area contributed by atoms with Gasteiger partial charge in [0.15, 0.2) is 0 Å². The number of rotatable bonds is 4. The van der Waals surface area contributed by atoms with Crippen LogP contribution >= 0.6 is 11.6 Å². The van der Waals surface area contributed by atoms with Gasteiger partial charge in [-0.25, -0.2) is 13.4 Å². The van der Waals surface area contributed by atoms with Crippen molar-refractivity contribution in [2.45, 2.75) is 13.3 Å². The number of aromatic nitrogens is 1. The summed E-state index contributed by atoms with van der Waals surface area (Å²) in [7, 11) is -3.27. The van der Waals surface area contributed by atoms with E-state index in [1.165, 1.54) is 0 Å². The van der Waals surface area contributed by atoms with E-state index in [1.807, 2.05) is 0 Å². The minimum atomic E-state index is -3.27. The lowest BCUT2D eigenvalue weighted by atomic mass is 10.5. The van der Waals surface area contributed by atoms with E-state index in [0.29, 0.717) is 6.42 Å². The smallest absolute Gasteiger partial charge is 0.233 e. The third kappa shape index (κ3) is 3.51. The van der Waals surface area contributed by atoms with Crippen molar-refractivity contribution in [1.29, 1.82) is 0 Å². The Morgan fingerprint density at radius 2 is 2.21 bits per heavy atom. The van der Waals surface area contributed by atoms with E-state index < -0.39 is 10.0 Å². The van der Waals surface area contributed by atoms with Crippen LogP contribution in [0.4, 0.5) is 5.82 Å². The second-order valence-corrected chi connectivity index (χ2v) is 5.00. The van der Waals surface area contributed by atoms with Gasteiger partial charge in [-0.15, -0.1) is 0 Å². The average Bonchev–Trinajstić information content (AvgIpc) is 2.02. The molecule has 0 spiro atoms. The molecule has 0 aliphatic carbocycles. The summed E-state index contributed by atoms with van der Waals surface area (Å²) in [6.45, 7) is 1.80. The first-order valence-corrected chi connectivity index (χ1v) is 6.19. The van der Waals surface area contributed by atoms with Gasteiger partial charge < -0.3 is 0 Å². The van der Waals surface area contributed by atoms with Gasteiger partial charge in [-0.2, -0.15) is 0 Å². The van der Waals surface area contributed by atoms with Crippen molar-refractivity contribution < 1.29 is 8.42 Å². The van der Waals surface area contributed by atoms with Crippen LogP contribution in [0.2, 0.25) is 5.15 Å². The van der Waals surface area contributed by atoms with Crippen molar-refractivity contribution >= 4 is 27.4 Å². The van der Waals surface area contributed by atoms with Gasteiger partial charge in [0.05, 0.1) is 5.75 Å². The Labute approximate surface area is 88.4 Å². The molecule has 0 saturated heterocycles. The highest BCUT2D eigenvalue weighted by Gasteiger charge is 2.09. The van der Waals surface area contributed by atoms with Crippen molar-refractivity contribution in [2.75, 3.05) is 10.5 Å². The first-order valence-electron chi connectivity index (χ1n) is 4.16. The highest BCUT2D eigenvalue weighted by Crippen LogP contribution is 2.10. The summed E-state index contributed by atoms with van der Waals surface area (Å²) in [6, 6.07) is 4.78. The van der Waals surface area contributed by atoms with Crippen LogP contribution in [0.25, 0.3) is 0 Å². The molecule has 6 heteroatoms. The zero-order valence-corrected chi connectivity index (χ0v) is 9.27. The summed E-state index contributed by atoms with van der Waals surface area (Å²) in [5.41, 5.74) is 0. The minimum absolute atomic E-state index is 0.0845. The summed E-state index contributed by atoms with van der Waals surface area (Å²) in [6.07, 6.45) is 0.565. The van der Waals surface area contributed by atoms with Gasteiger partial charge in [-0.05, 0) is 18.6 Å². The molecule has 1 heterocycles. The van der Waals surface area contributed by atoms with E-state index >= 15 is 0 Å². The van der Waals surface area contributed by atoms with Gasteiger partial charge in [-0.1, -0.05) is 24.6 Å². The average molecular weight is 235 g/mol. The number of nitrogens with zero attached hydrogens (tertiary/aromatic N) is 1. The van der Waals surface area contributed by atoms with Crippen molar-refractivity contribution in [3.05, 3.63) is 23.4 Å². The molecule has 0 aromatic carbocycles. The van der Waals surface area contributed by atoms with Gasteiger partial charge in [0.1, 0.15) is 11.0 Å². The fourth-order valence-electron chi connectivity index (χ4n) is 0.944. The predicted octanol–water partition coefficient (Wildman–Crippen LogP) is 1.89. The molecule has 0 radical (unpaired) electrons. The molecule has 0 aliphatic rings. The largest absolute Gasteiger partial charge is 0.267 e. The molecule has 1 aromatic heterocycles. The quantitative estimate of drug-likeness (QED) is 0.810. The van der Waals surface area contributed by atoms with Crippen molar-refractivity contribution in [2.24, 2.45) is 0 Å². The molecule has 0 unspecified atom stereocenters. The molecule has 1 aromatic rings. The third-order valence-corrected chi connectivity index (χ3v) is 3.12. The highest BCUT2D eigenvalue weighted by atomic mass is 35.5. The van der Waals surface area contributed by atoms with Crippen LogP contribution in [-0.4, -0.2) is 19.2 Å². The van der Waals surface area contributed by atoms with E-state index in [0.717, 1.165) is 0 Å². The minimum Gasteiger partial charge on any atom is -0.267 e. The van der Waals surface area contributed by atoms with Crippen LogP contribution in [0.3, 0.4) is 0 Å². The number of hydrogen-bond acceptors (Lipinski definition) is 3. The summed E-state index contributed by atoms with van der Waals surface area (Å²) in [4.78, 5) is 3.82. The van der Waals surface area contributed by atoms with Crippen LogP contribution in [0, 0.1) is 0 Å². The number of anilines is 1. The lowest BCUT2D eigenvalue weighted by Crippen LogP contribution is -2.16. The Morgan fingerprint density at radius 3 is 2.79 bits per heavy atom. The standard InChI is InChI=1S/C8H11ClN2O2S/c1-2-6-14(12,13)11-8-5-3-4-7(9)10-8/h3-5H,2,6H2,1H3,(H,10,11). The molecule has 0 fully saturated rings. The zero-order chi connectivity index (χ0) is 10.6. The van der Waals surface area contributed by atoms with Gasteiger partial charge in [0.2, 0.25) is 10.0 Å². The summed E-state index contributed by atoms with van der Waals surface area (Å²) >= 11 is 5.60. The lowest BCUT2D eigenvalue weighted by molar-refractivity contribution is 0.599. The molecule has 4 nitrogen and oxygen atoms in total. The molecular formula is C8H11ClN2O2S. The Kier molecular flexibility index (Phi) is 3.71. The molecule has 0 aliphatic heterocycles. The van der Waals surface area contributed by atoms with Gasteiger partial charge in [0, 0.05) is 0 Å². The van der Waals surface area contributed by atoms with Crippen LogP contribution in [0.5, 0.6) is 0 Å². The normalized spacial score (nSPS) is 11.3. The van der Waals surface area contributed by atoms with Crippen LogP contribution in [-0.2, 0) is 10.0 Å². The van der Waals surface area contributed by atoms with E-state index in [2.05, 4.69) is 9.71 Å². The molecular weight excluding hydrogens is 224 g/mol. The summed E-state index contributed by atoms with van der Waals surface area (Å²) in [5, 5.41) is 0.265. The Hall–Kier alpha value is -0.810. The molecule has 0 bridgehead atoms. The topological polar surface area (TPSA) is 59.1 Å². The molecule has 0 amide bonds. The van der Waals surface area contributed by atoms with Crippen molar-refractivity contribution in [1.82, 2.24) is 4.98 Å². The van der Waals surface area contributed by atoms with E-state index in [1.54, 1.807) is 25.1 Å². The van der Waals surface area contributed by atoms with E-state index in [4.69, 9.17) is 11.6 Å². The maximum atomic E-state index is 11.3. The number of hydrogen-bond donors (Lipinski definition) is 1. The fourth-order valence-corrected chi connectivity index (χ4v) is 2.18. The fraction of sp³-hybridized carbons (Fsp3) is 0.375. The molecule has 1 rings (SSSR count). The van der Waals surface area contributed by atoms with Crippen molar-refractivity contribution in [3.63, 3.8) is 0 Å². The molecule has 78 valence electrons. The summed E-state index contributed by atoms with van der Waals surface area (Å²) < 4.78 is 25.0. The zero-order valence-electron chi connectivity index (χ0n) is 7.70. The molecule has 14 heavy (non-hydrogen) atoms. The predicted molar refractivity (Wildman–Crippen MR) is 56.9 cm³/mol. The maximum Gasteiger partial charge on any atom is 0.233 e. The lowest BCUT2D eigenvalue weighted by Gasteiger charge is -2.05. The van der Waals surface area contributed by atoms with Gasteiger partial charge in [-0.3, -0.25) is 4.72 Å². The second kappa shape index (κ2) is 4.61. The number of sulfonamides is 1. The van der Waals surface area contributed by atoms with Crippen LogP contribution in [0.15, 0.2) is 18.2 Å². The Morgan fingerprint density at radius 1 is 1.50 bits per heavy atom. The number of pyridine rings is 1. The maximum absolute atomic E-state index is 11.3. The molecule has 0 atom stereocenters.